The first kappa shape index (κ1) is 21.8. The molecule has 0 bridgehead atoms. The zero-order valence-electron chi connectivity index (χ0n) is 18.8. The number of carboxylic acids is 1. The van der Waals surface area contributed by atoms with E-state index in [0.717, 1.165) is 37.5 Å². The van der Waals surface area contributed by atoms with Crippen molar-refractivity contribution in [3.63, 3.8) is 0 Å². The Kier molecular flexibility index (Phi) is 5.35. The number of pyridine rings is 2. The molecule has 3 heterocycles. The quantitative estimate of drug-likeness (QED) is 0.587. The lowest BCUT2D eigenvalue weighted by atomic mass is 9.88. The zero-order chi connectivity index (χ0) is 23.3. The van der Waals surface area contributed by atoms with Crippen LogP contribution < -0.4 is 15.6 Å². The molecule has 10 heteroatoms. The van der Waals surface area contributed by atoms with E-state index < -0.39 is 17.2 Å². The van der Waals surface area contributed by atoms with Gasteiger partial charge in [0, 0.05) is 36.8 Å². The summed E-state index contributed by atoms with van der Waals surface area (Å²) in [6.07, 6.45) is 5.40. The number of hydrogen-bond acceptors (Lipinski definition) is 7. The number of fused-ring (bicyclic) bond motifs is 1. The van der Waals surface area contributed by atoms with E-state index in [2.05, 4.69) is 22.4 Å². The van der Waals surface area contributed by atoms with E-state index in [9.17, 15) is 14.7 Å². The summed E-state index contributed by atoms with van der Waals surface area (Å²) >= 11 is 0. The van der Waals surface area contributed by atoms with Gasteiger partial charge in [0.1, 0.15) is 17.8 Å². The Morgan fingerprint density at radius 1 is 1.39 bits per heavy atom. The Morgan fingerprint density at radius 2 is 2.15 bits per heavy atom. The van der Waals surface area contributed by atoms with Gasteiger partial charge >= 0.3 is 5.97 Å². The largest absolute Gasteiger partial charge is 0.477 e. The van der Waals surface area contributed by atoms with Crippen molar-refractivity contribution in [2.75, 3.05) is 31.1 Å². The molecule has 176 valence electrons. The van der Waals surface area contributed by atoms with Gasteiger partial charge in [-0.1, -0.05) is 12.1 Å². The molecule has 1 aliphatic heterocycles. The molecular formula is C23H28FN5O4. The molecule has 5 rings (SSSR count). The SMILES string of the molecule is CCO/N=C1/CN(c2nc3c(cc2F)c(=O)c(C(=O)O)cn3C2CC2)CC1(C)CNC1CC1. The monoisotopic (exact) mass is 457 g/mol. The van der Waals surface area contributed by atoms with Crippen molar-refractivity contribution in [2.45, 2.75) is 51.6 Å². The van der Waals surface area contributed by atoms with Crippen LogP contribution in [0.5, 0.6) is 0 Å². The fraction of sp³-hybridized carbons (Fsp3) is 0.565. The predicted octanol–water partition coefficient (Wildman–Crippen LogP) is 2.54. The Morgan fingerprint density at radius 3 is 2.79 bits per heavy atom. The van der Waals surface area contributed by atoms with Crippen molar-refractivity contribution in [3.8, 4) is 0 Å². The van der Waals surface area contributed by atoms with E-state index in [1.807, 2.05) is 11.8 Å². The second kappa shape index (κ2) is 8.09. The maximum atomic E-state index is 15.3. The van der Waals surface area contributed by atoms with Crippen molar-refractivity contribution in [2.24, 2.45) is 10.6 Å². The molecule has 0 aromatic carbocycles. The highest BCUT2D eigenvalue weighted by atomic mass is 19.1. The van der Waals surface area contributed by atoms with Crippen molar-refractivity contribution < 1.29 is 19.1 Å². The highest BCUT2D eigenvalue weighted by Gasteiger charge is 2.43. The van der Waals surface area contributed by atoms with Crippen LogP contribution in [0.25, 0.3) is 11.0 Å². The van der Waals surface area contributed by atoms with E-state index in [1.165, 1.54) is 6.20 Å². The van der Waals surface area contributed by atoms with Crippen LogP contribution in [0.4, 0.5) is 10.2 Å². The first-order valence-corrected chi connectivity index (χ1v) is 11.5. The summed E-state index contributed by atoms with van der Waals surface area (Å²) in [6.45, 7) is 5.94. The van der Waals surface area contributed by atoms with Gasteiger partial charge in [0.25, 0.3) is 0 Å². The molecule has 33 heavy (non-hydrogen) atoms. The summed E-state index contributed by atoms with van der Waals surface area (Å²) in [5.41, 5.74) is -0.304. The lowest BCUT2D eigenvalue weighted by Crippen LogP contribution is -2.39. The number of carbonyl (C=O) groups is 1. The number of rotatable bonds is 8. The molecule has 0 radical (unpaired) electrons. The minimum atomic E-state index is -1.32. The fourth-order valence-corrected chi connectivity index (χ4v) is 4.43. The van der Waals surface area contributed by atoms with Crippen molar-refractivity contribution >= 4 is 28.5 Å². The molecule has 1 atom stereocenters. The molecule has 0 spiro atoms. The highest BCUT2D eigenvalue weighted by Crippen LogP contribution is 2.38. The maximum absolute atomic E-state index is 15.3. The van der Waals surface area contributed by atoms with Crippen LogP contribution in [-0.2, 0) is 4.84 Å². The number of aromatic carboxylic acids is 1. The molecule has 2 aromatic heterocycles. The minimum absolute atomic E-state index is 0.0105. The summed E-state index contributed by atoms with van der Waals surface area (Å²) in [5, 5.41) is 17.3. The second-order valence-corrected chi connectivity index (χ2v) is 9.51. The van der Waals surface area contributed by atoms with Gasteiger partial charge in [-0.25, -0.2) is 14.2 Å². The number of nitrogens with one attached hydrogen (secondary N) is 1. The van der Waals surface area contributed by atoms with Gasteiger partial charge in [-0.3, -0.25) is 4.79 Å². The minimum Gasteiger partial charge on any atom is -0.477 e. The van der Waals surface area contributed by atoms with Crippen LogP contribution >= 0.6 is 0 Å². The lowest BCUT2D eigenvalue weighted by Gasteiger charge is -2.25. The average molecular weight is 458 g/mol. The predicted molar refractivity (Wildman–Crippen MR) is 122 cm³/mol. The summed E-state index contributed by atoms with van der Waals surface area (Å²) in [5.74, 6) is -1.84. The highest BCUT2D eigenvalue weighted by molar-refractivity contribution is 5.97. The van der Waals surface area contributed by atoms with Crippen LogP contribution in [0.2, 0.25) is 0 Å². The number of anilines is 1. The first-order valence-electron chi connectivity index (χ1n) is 11.5. The molecule has 2 N–H and O–H groups in total. The molecule has 1 unspecified atom stereocenters. The Labute approximate surface area is 190 Å². The summed E-state index contributed by atoms with van der Waals surface area (Å²) in [6, 6.07) is 1.72. The third-order valence-electron chi connectivity index (χ3n) is 6.65. The van der Waals surface area contributed by atoms with Crippen LogP contribution in [0.15, 0.2) is 22.2 Å². The first-order chi connectivity index (χ1) is 15.8. The molecule has 3 aliphatic rings. The van der Waals surface area contributed by atoms with E-state index in [1.54, 1.807) is 4.57 Å². The third kappa shape index (κ3) is 4.07. The summed E-state index contributed by atoms with van der Waals surface area (Å²) in [7, 11) is 0. The lowest BCUT2D eigenvalue weighted by molar-refractivity contribution is 0.0695. The van der Waals surface area contributed by atoms with E-state index in [-0.39, 0.29) is 28.2 Å². The number of carboxylic acid groups (broad SMARTS) is 1. The molecule has 0 amide bonds. The van der Waals surface area contributed by atoms with Gasteiger partial charge in [-0.15, -0.1) is 0 Å². The van der Waals surface area contributed by atoms with Crippen LogP contribution in [0.1, 0.15) is 55.9 Å². The number of halogens is 1. The standard InChI is InChI=1S/C23H28FN5O4/c1-3-33-27-18-10-28(12-23(18,2)11-25-13-4-5-13)21-17(24)8-15-19(30)16(22(31)32)9-29(14-6-7-14)20(15)26-21/h8-9,13-14,25H,3-7,10-12H2,1-2H3,(H,31,32)/b27-18-. The van der Waals surface area contributed by atoms with E-state index in [4.69, 9.17) is 4.84 Å². The normalized spacial score (nSPS) is 24.1. The topological polar surface area (TPSA) is 109 Å². The van der Waals surface area contributed by atoms with Gasteiger partial charge in [-0.2, -0.15) is 0 Å². The van der Waals surface area contributed by atoms with Crippen molar-refractivity contribution in [1.82, 2.24) is 14.9 Å². The van der Waals surface area contributed by atoms with Crippen LogP contribution in [-0.4, -0.2) is 58.6 Å². The molecule has 2 aromatic rings. The maximum Gasteiger partial charge on any atom is 0.341 e. The number of oxime groups is 1. The molecule has 9 nitrogen and oxygen atoms in total. The van der Waals surface area contributed by atoms with E-state index in [0.29, 0.717) is 37.9 Å². The number of aromatic nitrogens is 2. The second-order valence-electron chi connectivity index (χ2n) is 9.51. The van der Waals surface area contributed by atoms with Crippen LogP contribution in [0, 0.1) is 11.2 Å². The zero-order valence-corrected chi connectivity index (χ0v) is 18.8. The third-order valence-corrected chi connectivity index (χ3v) is 6.65. The molecule has 1 saturated heterocycles. The van der Waals surface area contributed by atoms with E-state index >= 15 is 4.39 Å². The molecule has 2 saturated carbocycles. The van der Waals surface area contributed by atoms with Gasteiger partial charge in [-0.05, 0) is 38.7 Å². The fourth-order valence-electron chi connectivity index (χ4n) is 4.43. The van der Waals surface area contributed by atoms with Gasteiger partial charge < -0.3 is 24.7 Å². The number of hydrogen-bond donors (Lipinski definition) is 2. The Hall–Kier alpha value is -3.01. The molecule has 2 aliphatic carbocycles. The van der Waals surface area contributed by atoms with Crippen LogP contribution in [0.3, 0.4) is 0 Å². The summed E-state index contributed by atoms with van der Waals surface area (Å²) in [4.78, 5) is 36.0. The van der Waals surface area contributed by atoms with Gasteiger partial charge in [0.2, 0.25) is 5.43 Å². The van der Waals surface area contributed by atoms with Gasteiger partial charge in [0.15, 0.2) is 11.6 Å². The average Bonchev–Trinajstić information content (AvgIpc) is 3.69. The number of nitrogens with zero attached hydrogens (tertiary/aromatic N) is 4. The Bertz CT molecular complexity index is 1200. The van der Waals surface area contributed by atoms with Crippen molar-refractivity contribution in [3.05, 3.63) is 33.9 Å². The van der Waals surface area contributed by atoms with Gasteiger partial charge in [0.05, 0.1) is 17.6 Å². The smallest absolute Gasteiger partial charge is 0.341 e. The van der Waals surface area contributed by atoms with Crippen molar-refractivity contribution in [1.29, 1.82) is 0 Å². The molecule has 3 fully saturated rings. The Balaban J connectivity index is 1.56. The molecular weight excluding hydrogens is 429 g/mol. The summed E-state index contributed by atoms with van der Waals surface area (Å²) < 4.78 is 17.0.